The number of rotatable bonds is 7. The third-order valence-corrected chi connectivity index (χ3v) is 5.23. The first-order chi connectivity index (χ1) is 16.4. The fraction of sp³-hybridized carbons (Fsp3) is 0.217. The zero-order valence-electron chi connectivity index (χ0n) is 19.0. The summed E-state index contributed by atoms with van der Waals surface area (Å²) >= 11 is 0. The Morgan fingerprint density at radius 1 is 1.03 bits per heavy atom. The average molecular weight is 465 g/mol. The molecule has 1 amide bonds. The second kappa shape index (κ2) is 9.14. The maximum absolute atomic E-state index is 13.6. The fourth-order valence-corrected chi connectivity index (χ4v) is 3.71. The molecule has 4 rings (SSSR count). The van der Waals surface area contributed by atoms with Crippen molar-refractivity contribution in [3.63, 3.8) is 0 Å². The summed E-state index contributed by atoms with van der Waals surface area (Å²) in [6.45, 7) is 1.46. The van der Waals surface area contributed by atoms with Crippen LogP contribution in [0.2, 0.25) is 0 Å². The summed E-state index contributed by atoms with van der Waals surface area (Å²) in [7, 11) is 4.32. The molecule has 0 saturated heterocycles. The number of aromatic amines is 1. The molecule has 0 aliphatic heterocycles. The van der Waals surface area contributed by atoms with Crippen LogP contribution in [0.1, 0.15) is 5.69 Å². The van der Waals surface area contributed by atoms with Crippen LogP contribution in [-0.2, 0) is 11.3 Å². The molecule has 0 saturated carbocycles. The minimum Gasteiger partial charge on any atom is -0.493 e. The lowest BCUT2D eigenvalue weighted by atomic mass is 10.2. The van der Waals surface area contributed by atoms with Gasteiger partial charge in [-0.15, -0.1) is 0 Å². The van der Waals surface area contributed by atoms with Crippen LogP contribution in [-0.4, -0.2) is 46.6 Å². The molecule has 0 bridgehead atoms. The van der Waals surface area contributed by atoms with Crippen molar-refractivity contribution in [3.8, 4) is 22.9 Å². The first-order valence-corrected chi connectivity index (χ1v) is 10.2. The van der Waals surface area contributed by atoms with Crippen LogP contribution in [0.5, 0.6) is 17.2 Å². The van der Waals surface area contributed by atoms with Crippen molar-refractivity contribution in [2.24, 2.45) is 0 Å². The van der Waals surface area contributed by atoms with Gasteiger partial charge in [-0.3, -0.25) is 19.3 Å². The van der Waals surface area contributed by atoms with Crippen LogP contribution in [0.4, 0.5) is 5.82 Å². The molecular formula is C23H23N5O6. The number of H-pyrrole nitrogens is 1. The number of amides is 1. The molecule has 176 valence electrons. The van der Waals surface area contributed by atoms with E-state index in [1.54, 1.807) is 37.3 Å². The Bertz CT molecular complexity index is 1470. The van der Waals surface area contributed by atoms with Gasteiger partial charge in [-0.25, -0.2) is 9.36 Å². The summed E-state index contributed by atoms with van der Waals surface area (Å²) in [5, 5.41) is 9.62. The van der Waals surface area contributed by atoms with Gasteiger partial charge < -0.3 is 19.5 Å². The predicted octanol–water partition coefficient (Wildman–Crippen LogP) is 1.85. The van der Waals surface area contributed by atoms with Crippen LogP contribution in [0.25, 0.3) is 16.6 Å². The quantitative estimate of drug-likeness (QED) is 0.426. The minimum absolute atomic E-state index is 0.201. The molecule has 2 aromatic carbocycles. The van der Waals surface area contributed by atoms with E-state index in [9.17, 15) is 14.4 Å². The van der Waals surface area contributed by atoms with Crippen LogP contribution in [0.15, 0.2) is 52.1 Å². The number of fused-ring (bicyclic) bond motifs is 1. The maximum atomic E-state index is 13.6. The number of benzene rings is 2. The Kier molecular flexibility index (Phi) is 6.09. The number of aromatic nitrogens is 4. The van der Waals surface area contributed by atoms with Crippen molar-refractivity contribution in [2.45, 2.75) is 13.5 Å². The van der Waals surface area contributed by atoms with Crippen molar-refractivity contribution in [1.29, 1.82) is 0 Å². The molecular weight excluding hydrogens is 442 g/mol. The molecule has 0 radical (unpaired) electrons. The van der Waals surface area contributed by atoms with Gasteiger partial charge in [0, 0.05) is 23.9 Å². The van der Waals surface area contributed by atoms with Crippen molar-refractivity contribution in [3.05, 3.63) is 69.0 Å². The number of aryl methyl sites for hydroxylation is 1. The molecule has 0 atom stereocenters. The van der Waals surface area contributed by atoms with Gasteiger partial charge >= 0.3 is 5.69 Å². The van der Waals surface area contributed by atoms with Crippen molar-refractivity contribution in [2.75, 3.05) is 26.6 Å². The van der Waals surface area contributed by atoms with Crippen LogP contribution in [0.3, 0.4) is 0 Å². The van der Waals surface area contributed by atoms with Gasteiger partial charge in [-0.1, -0.05) is 12.1 Å². The highest BCUT2D eigenvalue weighted by Gasteiger charge is 2.20. The summed E-state index contributed by atoms with van der Waals surface area (Å²) in [4.78, 5) is 39.7. The zero-order valence-corrected chi connectivity index (χ0v) is 19.0. The van der Waals surface area contributed by atoms with Gasteiger partial charge in [0.2, 0.25) is 11.7 Å². The smallest absolute Gasteiger partial charge is 0.336 e. The third-order valence-electron chi connectivity index (χ3n) is 5.23. The van der Waals surface area contributed by atoms with Gasteiger partial charge in [0.15, 0.2) is 17.3 Å². The van der Waals surface area contributed by atoms with E-state index in [4.69, 9.17) is 14.2 Å². The lowest BCUT2D eigenvalue weighted by Gasteiger charge is -2.17. The second-order valence-electron chi connectivity index (χ2n) is 7.39. The number of nitrogens with zero attached hydrogens (tertiary/aromatic N) is 3. The summed E-state index contributed by atoms with van der Waals surface area (Å²) in [6.07, 6.45) is 0. The maximum Gasteiger partial charge on any atom is 0.336 e. The Hall–Kier alpha value is -4.54. The summed E-state index contributed by atoms with van der Waals surface area (Å²) < 4.78 is 18.3. The average Bonchev–Trinajstić information content (AvgIpc) is 3.25. The van der Waals surface area contributed by atoms with Gasteiger partial charge in [0.25, 0.3) is 5.56 Å². The third kappa shape index (κ3) is 3.98. The lowest BCUT2D eigenvalue weighted by Crippen LogP contribution is -2.40. The molecule has 11 nitrogen and oxygen atoms in total. The first kappa shape index (κ1) is 22.6. The highest BCUT2D eigenvalue weighted by molar-refractivity contribution is 5.90. The Labute approximate surface area is 193 Å². The standard InChI is InChI=1S/C23H23N5O6/c1-13-9-19(26-25-13)24-20(29)12-27-16-8-6-5-7-15(16)22(30)28(23(27)31)14-10-17(32-2)21(34-4)18(11-14)33-3/h5-11H,12H2,1-4H3,(H2,24,25,26,29). The van der Waals surface area contributed by atoms with Gasteiger partial charge in [-0.05, 0) is 19.1 Å². The summed E-state index contributed by atoms with van der Waals surface area (Å²) in [5.74, 6) is 0.715. The Morgan fingerprint density at radius 2 is 1.71 bits per heavy atom. The van der Waals surface area contributed by atoms with Crippen molar-refractivity contribution in [1.82, 2.24) is 19.3 Å². The minimum atomic E-state index is -0.702. The van der Waals surface area contributed by atoms with Crippen LogP contribution < -0.4 is 30.8 Å². The Balaban J connectivity index is 1.90. The number of anilines is 1. The number of carbonyl (C=O) groups is 1. The van der Waals surface area contributed by atoms with E-state index >= 15 is 0 Å². The largest absolute Gasteiger partial charge is 0.493 e. The fourth-order valence-electron chi connectivity index (χ4n) is 3.71. The van der Waals surface area contributed by atoms with E-state index in [2.05, 4.69) is 15.5 Å². The SMILES string of the molecule is COc1cc(-n2c(=O)c3ccccc3n(CC(=O)Nc3cc(C)[nH]n3)c2=O)cc(OC)c1OC. The molecule has 0 aliphatic rings. The monoisotopic (exact) mass is 465 g/mol. The molecule has 0 fully saturated rings. The molecule has 2 N–H and O–H groups in total. The van der Waals surface area contributed by atoms with E-state index < -0.39 is 17.2 Å². The van der Waals surface area contributed by atoms with Crippen LogP contribution >= 0.6 is 0 Å². The number of nitrogens with one attached hydrogen (secondary N) is 2. The first-order valence-electron chi connectivity index (χ1n) is 10.2. The van der Waals surface area contributed by atoms with E-state index in [1.165, 1.54) is 38.0 Å². The number of methoxy groups -OCH3 is 3. The molecule has 11 heteroatoms. The number of ether oxygens (including phenoxy) is 3. The van der Waals surface area contributed by atoms with Gasteiger partial charge in [-0.2, -0.15) is 5.10 Å². The second-order valence-corrected chi connectivity index (χ2v) is 7.39. The predicted molar refractivity (Wildman–Crippen MR) is 125 cm³/mol. The molecule has 0 unspecified atom stereocenters. The summed E-state index contributed by atoms with van der Waals surface area (Å²) in [6, 6.07) is 11.2. The molecule has 2 heterocycles. The number of hydrogen-bond donors (Lipinski definition) is 2. The zero-order chi connectivity index (χ0) is 24.4. The Morgan fingerprint density at radius 3 is 2.29 bits per heavy atom. The number of carbonyl (C=O) groups excluding carboxylic acids is 1. The molecule has 0 spiro atoms. The van der Waals surface area contributed by atoms with Gasteiger partial charge in [0.1, 0.15) is 6.54 Å². The summed E-state index contributed by atoms with van der Waals surface area (Å²) in [5.41, 5.74) is 0.0524. The van der Waals surface area contributed by atoms with Gasteiger partial charge in [0.05, 0.1) is 37.9 Å². The molecule has 0 aliphatic carbocycles. The van der Waals surface area contributed by atoms with E-state index in [0.717, 1.165) is 10.3 Å². The van der Waals surface area contributed by atoms with Crippen LogP contribution in [0, 0.1) is 6.92 Å². The van der Waals surface area contributed by atoms with E-state index in [-0.39, 0.29) is 29.1 Å². The van der Waals surface area contributed by atoms with Crippen molar-refractivity contribution < 1.29 is 19.0 Å². The highest BCUT2D eigenvalue weighted by Crippen LogP contribution is 2.38. The number of hydrogen-bond acceptors (Lipinski definition) is 7. The van der Waals surface area contributed by atoms with E-state index in [0.29, 0.717) is 17.1 Å². The normalized spacial score (nSPS) is 10.8. The topological polar surface area (TPSA) is 129 Å². The molecule has 4 aromatic rings. The highest BCUT2D eigenvalue weighted by atomic mass is 16.5. The van der Waals surface area contributed by atoms with E-state index in [1.807, 2.05) is 0 Å². The number of para-hydroxylation sites is 1. The van der Waals surface area contributed by atoms with Crippen molar-refractivity contribution >= 4 is 22.6 Å². The molecule has 34 heavy (non-hydrogen) atoms. The lowest BCUT2D eigenvalue weighted by molar-refractivity contribution is -0.116. The molecule has 2 aromatic heterocycles.